The Bertz CT molecular complexity index is 843. The fourth-order valence-electron chi connectivity index (χ4n) is 2.21. The van der Waals surface area contributed by atoms with Crippen LogP contribution in [0.25, 0.3) is 0 Å². The predicted molar refractivity (Wildman–Crippen MR) is 116 cm³/mol. The van der Waals surface area contributed by atoms with E-state index in [0.29, 0.717) is 34.8 Å². The molecule has 0 spiro atoms. The SMILES string of the molecule is CCCOc1ccc(/C=N\NC(=O)COc2ccc(Cl)cc2Cl)c(OCCC)c1. The first-order valence-corrected chi connectivity index (χ1v) is 10.1. The molecular weight excluding hydrogens is 415 g/mol. The number of rotatable bonds is 11. The number of carbonyl (C=O) groups is 1. The van der Waals surface area contributed by atoms with Crippen LogP contribution in [0, 0.1) is 0 Å². The first-order valence-electron chi connectivity index (χ1n) is 9.32. The number of nitrogens with zero attached hydrogens (tertiary/aromatic N) is 1. The van der Waals surface area contributed by atoms with Crippen molar-refractivity contribution in [2.24, 2.45) is 5.10 Å². The molecule has 0 fully saturated rings. The second-order valence-electron chi connectivity index (χ2n) is 6.05. The highest BCUT2D eigenvalue weighted by molar-refractivity contribution is 6.35. The molecule has 0 atom stereocenters. The van der Waals surface area contributed by atoms with Crippen LogP contribution in [-0.4, -0.2) is 31.9 Å². The van der Waals surface area contributed by atoms with Crippen molar-refractivity contribution in [3.8, 4) is 17.2 Å². The Morgan fingerprint density at radius 3 is 2.48 bits per heavy atom. The van der Waals surface area contributed by atoms with Crippen LogP contribution in [0.5, 0.6) is 17.2 Å². The van der Waals surface area contributed by atoms with Gasteiger partial charge in [-0.05, 0) is 43.2 Å². The van der Waals surface area contributed by atoms with Crippen LogP contribution < -0.4 is 19.6 Å². The van der Waals surface area contributed by atoms with Crippen LogP contribution in [0.3, 0.4) is 0 Å². The maximum Gasteiger partial charge on any atom is 0.277 e. The van der Waals surface area contributed by atoms with Gasteiger partial charge in [-0.15, -0.1) is 0 Å². The highest BCUT2D eigenvalue weighted by Gasteiger charge is 2.07. The van der Waals surface area contributed by atoms with Crippen molar-refractivity contribution in [2.75, 3.05) is 19.8 Å². The first-order chi connectivity index (χ1) is 14.0. The lowest BCUT2D eigenvalue weighted by Gasteiger charge is -2.11. The molecule has 2 aromatic carbocycles. The van der Waals surface area contributed by atoms with E-state index in [1.54, 1.807) is 18.2 Å². The summed E-state index contributed by atoms with van der Waals surface area (Å²) in [5, 5.41) is 4.79. The minimum absolute atomic E-state index is 0.234. The molecule has 0 aliphatic carbocycles. The summed E-state index contributed by atoms with van der Waals surface area (Å²) in [5.41, 5.74) is 3.14. The number of nitrogens with one attached hydrogen (secondary N) is 1. The average molecular weight is 439 g/mol. The van der Waals surface area contributed by atoms with E-state index in [2.05, 4.69) is 10.5 Å². The molecule has 0 unspecified atom stereocenters. The molecule has 0 aromatic heterocycles. The fraction of sp³-hybridized carbons (Fsp3) is 0.333. The Labute approximate surface area is 180 Å². The molecule has 0 heterocycles. The van der Waals surface area contributed by atoms with Crippen molar-refractivity contribution >= 4 is 35.3 Å². The molecule has 29 heavy (non-hydrogen) atoms. The highest BCUT2D eigenvalue weighted by atomic mass is 35.5. The molecule has 0 radical (unpaired) electrons. The third kappa shape index (κ3) is 7.83. The van der Waals surface area contributed by atoms with Gasteiger partial charge in [-0.3, -0.25) is 4.79 Å². The van der Waals surface area contributed by atoms with E-state index >= 15 is 0 Å². The van der Waals surface area contributed by atoms with Gasteiger partial charge >= 0.3 is 0 Å². The molecule has 1 N–H and O–H groups in total. The maximum atomic E-state index is 11.9. The van der Waals surface area contributed by atoms with E-state index in [-0.39, 0.29) is 6.61 Å². The lowest BCUT2D eigenvalue weighted by atomic mass is 10.2. The summed E-state index contributed by atoms with van der Waals surface area (Å²) in [6.45, 7) is 5.04. The number of hydrazone groups is 1. The lowest BCUT2D eigenvalue weighted by molar-refractivity contribution is -0.123. The van der Waals surface area contributed by atoms with Crippen LogP contribution in [0.2, 0.25) is 10.0 Å². The number of benzene rings is 2. The second kappa shape index (κ2) is 12.2. The van der Waals surface area contributed by atoms with Gasteiger partial charge in [0.2, 0.25) is 0 Å². The van der Waals surface area contributed by atoms with Crippen LogP contribution in [-0.2, 0) is 4.79 Å². The number of amides is 1. The van der Waals surface area contributed by atoms with Crippen LogP contribution in [0.15, 0.2) is 41.5 Å². The predicted octanol–water partition coefficient (Wildman–Crippen LogP) is 5.10. The smallest absolute Gasteiger partial charge is 0.277 e. The monoisotopic (exact) mass is 438 g/mol. The topological polar surface area (TPSA) is 69.2 Å². The number of carbonyl (C=O) groups excluding carboxylic acids is 1. The molecule has 0 bridgehead atoms. The normalized spacial score (nSPS) is 10.8. The van der Waals surface area contributed by atoms with Gasteiger partial charge in [-0.25, -0.2) is 5.43 Å². The van der Waals surface area contributed by atoms with Crippen molar-refractivity contribution in [2.45, 2.75) is 26.7 Å². The lowest BCUT2D eigenvalue weighted by Crippen LogP contribution is -2.24. The number of ether oxygens (including phenoxy) is 3. The van der Waals surface area contributed by atoms with E-state index in [9.17, 15) is 4.79 Å². The van der Waals surface area contributed by atoms with E-state index in [0.717, 1.165) is 24.2 Å². The summed E-state index contributed by atoms with van der Waals surface area (Å²) < 4.78 is 16.8. The van der Waals surface area contributed by atoms with Gasteiger partial charge in [0.05, 0.1) is 24.5 Å². The summed E-state index contributed by atoms with van der Waals surface area (Å²) in [7, 11) is 0. The molecule has 2 rings (SSSR count). The van der Waals surface area contributed by atoms with Crippen molar-refractivity contribution in [3.63, 3.8) is 0 Å². The molecule has 0 saturated carbocycles. The average Bonchev–Trinajstić information content (AvgIpc) is 2.71. The summed E-state index contributed by atoms with van der Waals surface area (Å²) in [6, 6.07) is 10.3. The second-order valence-corrected chi connectivity index (χ2v) is 6.90. The van der Waals surface area contributed by atoms with Gasteiger partial charge in [0.25, 0.3) is 5.91 Å². The number of hydrogen-bond donors (Lipinski definition) is 1. The number of halogens is 2. The first kappa shape index (κ1) is 22.8. The summed E-state index contributed by atoms with van der Waals surface area (Å²) in [4.78, 5) is 11.9. The van der Waals surface area contributed by atoms with Crippen LogP contribution in [0.4, 0.5) is 0 Å². The Hall–Kier alpha value is -2.44. The van der Waals surface area contributed by atoms with Gasteiger partial charge in [0.1, 0.15) is 17.2 Å². The van der Waals surface area contributed by atoms with E-state index in [1.807, 2.05) is 32.0 Å². The van der Waals surface area contributed by atoms with E-state index in [1.165, 1.54) is 6.21 Å². The van der Waals surface area contributed by atoms with Crippen molar-refractivity contribution in [1.82, 2.24) is 5.43 Å². The summed E-state index contributed by atoms with van der Waals surface area (Å²) >= 11 is 11.8. The van der Waals surface area contributed by atoms with E-state index < -0.39 is 5.91 Å². The highest BCUT2D eigenvalue weighted by Crippen LogP contribution is 2.27. The molecule has 2 aromatic rings. The fourth-order valence-corrected chi connectivity index (χ4v) is 2.67. The van der Waals surface area contributed by atoms with Gasteiger partial charge in [-0.1, -0.05) is 37.0 Å². The zero-order valence-electron chi connectivity index (χ0n) is 16.4. The summed E-state index contributed by atoms with van der Waals surface area (Å²) in [6.07, 6.45) is 3.31. The van der Waals surface area contributed by atoms with Crippen LogP contribution >= 0.6 is 23.2 Å². The van der Waals surface area contributed by atoms with Gasteiger partial charge in [-0.2, -0.15) is 5.10 Å². The third-order valence-corrected chi connectivity index (χ3v) is 4.10. The molecule has 156 valence electrons. The molecule has 6 nitrogen and oxygen atoms in total. The minimum atomic E-state index is -0.425. The quantitative estimate of drug-likeness (QED) is 0.391. The molecule has 0 aliphatic rings. The Balaban J connectivity index is 1.94. The Morgan fingerprint density at radius 2 is 1.76 bits per heavy atom. The van der Waals surface area contributed by atoms with E-state index in [4.69, 9.17) is 37.4 Å². The summed E-state index contributed by atoms with van der Waals surface area (Å²) in [5.74, 6) is 1.31. The van der Waals surface area contributed by atoms with Gasteiger partial charge < -0.3 is 14.2 Å². The van der Waals surface area contributed by atoms with Crippen molar-refractivity contribution in [1.29, 1.82) is 0 Å². The zero-order valence-corrected chi connectivity index (χ0v) is 17.9. The maximum absolute atomic E-state index is 11.9. The Morgan fingerprint density at radius 1 is 1.00 bits per heavy atom. The third-order valence-electron chi connectivity index (χ3n) is 3.57. The molecular formula is C21H24Cl2N2O4. The minimum Gasteiger partial charge on any atom is -0.493 e. The number of hydrogen-bond acceptors (Lipinski definition) is 5. The Kier molecular flexibility index (Phi) is 9.60. The van der Waals surface area contributed by atoms with Gasteiger partial charge in [0, 0.05) is 16.7 Å². The van der Waals surface area contributed by atoms with Crippen LogP contribution in [0.1, 0.15) is 32.3 Å². The zero-order chi connectivity index (χ0) is 21.1. The molecule has 0 saturated heterocycles. The van der Waals surface area contributed by atoms with Crippen molar-refractivity contribution in [3.05, 3.63) is 52.0 Å². The molecule has 1 amide bonds. The largest absolute Gasteiger partial charge is 0.493 e. The standard InChI is InChI=1S/C21H24Cl2N2O4/c1-3-9-27-17-7-5-15(20(12-17)28-10-4-2)13-24-25-21(26)14-29-19-8-6-16(22)11-18(19)23/h5-8,11-13H,3-4,9-10,14H2,1-2H3,(H,25,26)/b24-13-. The molecule has 0 aliphatic heterocycles. The van der Waals surface area contributed by atoms with Gasteiger partial charge in [0.15, 0.2) is 6.61 Å². The van der Waals surface area contributed by atoms with Crippen molar-refractivity contribution < 1.29 is 19.0 Å². The molecule has 8 heteroatoms.